The first kappa shape index (κ1) is 14.1. The Hall–Kier alpha value is -2.34. The van der Waals surface area contributed by atoms with Crippen molar-refractivity contribution < 1.29 is 14.4 Å². The number of aromatic nitrogens is 1. The normalized spacial score (nSPS) is 10.1. The molecule has 2 rings (SSSR count). The van der Waals surface area contributed by atoms with E-state index in [1.165, 1.54) is 25.3 Å². The molecule has 1 heterocycles. The lowest BCUT2D eigenvalue weighted by Gasteiger charge is -2.10. The van der Waals surface area contributed by atoms with E-state index < -0.39 is 4.92 Å². The number of hydrogen-bond donors (Lipinski definition) is 0. The van der Waals surface area contributed by atoms with Crippen LogP contribution in [0.5, 0.6) is 11.5 Å². The van der Waals surface area contributed by atoms with Crippen LogP contribution in [0.25, 0.3) is 0 Å². The zero-order chi connectivity index (χ0) is 14.5. The van der Waals surface area contributed by atoms with Crippen molar-refractivity contribution in [2.24, 2.45) is 0 Å². The van der Waals surface area contributed by atoms with Gasteiger partial charge in [0, 0.05) is 17.3 Å². The molecule has 7 heteroatoms. The van der Waals surface area contributed by atoms with Crippen LogP contribution in [0.2, 0.25) is 5.02 Å². The van der Waals surface area contributed by atoms with Crippen LogP contribution in [0.1, 0.15) is 5.69 Å². The summed E-state index contributed by atoms with van der Waals surface area (Å²) in [5.74, 6) is 0.695. The molecule has 1 aromatic carbocycles. The lowest BCUT2D eigenvalue weighted by Crippen LogP contribution is -2.00. The molecule has 0 saturated heterocycles. The topological polar surface area (TPSA) is 74.5 Å². The molecular formula is C13H11ClN2O4. The molecule has 20 heavy (non-hydrogen) atoms. The second-order valence-electron chi connectivity index (χ2n) is 3.85. The van der Waals surface area contributed by atoms with Crippen LogP contribution in [0.15, 0.2) is 36.5 Å². The molecule has 0 atom stereocenters. The van der Waals surface area contributed by atoms with Gasteiger partial charge in [-0.1, -0.05) is 11.6 Å². The van der Waals surface area contributed by atoms with Crippen molar-refractivity contribution in [1.29, 1.82) is 0 Å². The number of halogens is 1. The van der Waals surface area contributed by atoms with E-state index in [2.05, 4.69) is 4.98 Å². The van der Waals surface area contributed by atoms with Crippen LogP contribution in [0, 0.1) is 10.1 Å². The Morgan fingerprint density at radius 1 is 1.30 bits per heavy atom. The Labute approximate surface area is 120 Å². The van der Waals surface area contributed by atoms with E-state index in [0.717, 1.165) is 0 Å². The number of rotatable bonds is 5. The van der Waals surface area contributed by atoms with Gasteiger partial charge in [-0.15, -0.1) is 0 Å². The van der Waals surface area contributed by atoms with Crippen molar-refractivity contribution in [3.63, 3.8) is 0 Å². The predicted molar refractivity (Wildman–Crippen MR) is 73.2 cm³/mol. The number of nitrogens with zero attached hydrogens (tertiary/aromatic N) is 2. The Morgan fingerprint density at radius 3 is 2.75 bits per heavy atom. The summed E-state index contributed by atoms with van der Waals surface area (Å²) in [7, 11) is 1.42. The molecule has 0 aliphatic rings. The molecule has 0 spiro atoms. The summed E-state index contributed by atoms with van der Waals surface area (Å²) in [5.41, 5.74) is 0.591. The molecule has 0 aliphatic carbocycles. The van der Waals surface area contributed by atoms with Gasteiger partial charge in [-0.25, -0.2) is 0 Å². The molecule has 104 valence electrons. The largest absolute Gasteiger partial charge is 0.493 e. The van der Waals surface area contributed by atoms with E-state index in [1.54, 1.807) is 18.3 Å². The summed E-state index contributed by atoms with van der Waals surface area (Å²) in [6.45, 7) is 0.189. The number of methoxy groups -OCH3 is 1. The van der Waals surface area contributed by atoms with E-state index in [9.17, 15) is 10.1 Å². The smallest absolute Gasteiger partial charge is 0.273 e. The van der Waals surface area contributed by atoms with Gasteiger partial charge < -0.3 is 9.47 Å². The van der Waals surface area contributed by atoms with Crippen molar-refractivity contribution in [2.75, 3.05) is 7.11 Å². The van der Waals surface area contributed by atoms with E-state index in [1.807, 2.05) is 0 Å². The van der Waals surface area contributed by atoms with Gasteiger partial charge in [-0.3, -0.25) is 15.1 Å². The minimum Gasteiger partial charge on any atom is -0.493 e. The van der Waals surface area contributed by atoms with Crippen LogP contribution in [-0.2, 0) is 6.61 Å². The second kappa shape index (κ2) is 6.21. The minimum absolute atomic E-state index is 0.0601. The highest BCUT2D eigenvalue weighted by atomic mass is 35.5. The molecule has 0 amide bonds. The van der Waals surface area contributed by atoms with E-state index >= 15 is 0 Å². The summed E-state index contributed by atoms with van der Waals surface area (Å²) in [5, 5.41) is 11.2. The SMILES string of the molecule is COc1cc([N+](=O)[O-])ccc1OCc1cc(Cl)ccn1. The van der Waals surface area contributed by atoms with Crippen LogP contribution in [0.4, 0.5) is 5.69 Å². The van der Waals surface area contributed by atoms with Crippen LogP contribution in [0.3, 0.4) is 0 Å². The Balaban J connectivity index is 2.15. The third kappa shape index (κ3) is 3.36. The summed E-state index contributed by atoms with van der Waals surface area (Å²) in [6.07, 6.45) is 1.58. The number of benzene rings is 1. The Kier molecular flexibility index (Phi) is 4.37. The summed E-state index contributed by atoms with van der Waals surface area (Å²) < 4.78 is 10.6. The fourth-order valence-electron chi connectivity index (χ4n) is 1.57. The van der Waals surface area contributed by atoms with Crippen LogP contribution in [-0.4, -0.2) is 17.0 Å². The molecule has 0 saturated carbocycles. The molecule has 1 aromatic heterocycles. The third-order valence-electron chi connectivity index (χ3n) is 2.51. The summed E-state index contributed by atoms with van der Waals surface area (Å²) in [4.78, 5) is 14.3. The molecule has 0 fully saturated rings. The van der Waals surface area contributed by atoms with Gasteiger partial charge >= 0.3 is 0 Å². The van der Waals surface area contributed by atoms with Crippen LogP contribution >= 0.6 is 11.6 Å². The highest BCUT2D eigenvalue weighted by Gasteiger charge is 2.12. The van der Waals surface area contributed by atoms with Gasteiger partial charge in [-0.2, -0.15) is 0 Å². The van der Waals surface area contributed by atoms with E-state index in [4.69, 9.17) is 21.1 Å². The highest BCUT2D eigenvalue weighted by molar-refractivity contribution is 6.30. The first-order valence-electron chi connectivity index (χ1n) is 5.66. The highest BCUT2D eigenvalue weighted by Crippen LogP contribution is 2.31. The third-order valence-corrected chi connectivity index (χ3v) is 2.75. The monoisotopic (exact) mass is 294 g/mol. The molecule has 0 aliphatic heterocycles. The Bertz CT molecular complexity index is 634. The number of hydrogen-bond acceptors (Lipinski definition) is 5. The summed E-state index contributed by atoms with van der Waals surface area (Å²) in [6, 6.07) is 7.49. The maximum atomic E-state index is 10.7. The molecule has 6 nitrogen and oxygen atoms in total. The summed E-state index contributed by atoms with van der Waals surface area (Å²) >= 11 is 5.85. The van der Waals surface area contributed by atoms with Crippen molar-refractivity contribution in [3.05, 3.63) is 57.4 Å². The van der Waals surface area contributed by atoms with Crippen molar-refractivity contribution in [2.45, 2.75) is 6.61 Å². The second-order valence-corrected chi connectivity index (χ2v) is 4.28. The minimum atomic E-state index is -0.495. The fourth-order valence-corrected chi connectivity index (χ4v) is 1.75. The zero-order valence-corrected chi connectivity index (χ0v) is 11.3. The maximum absolute atomic E-state index is 10.7. The lowest BCUT2D eigenvalue weighted by atomic mass is 10.3. The number of nitro benzene ring substituents is 1. The molecule has 0 bridgehead atoms. The molecule has 0 N–H and O–H groups in total. The molecule has 2 aromatic rings. The van der Waals surface area contributed by atoms with Gasteiger partial charge in [0.1, 0.15) is 6.61 Å². The number of pyridine rings is 1. The maximum Gasteiger partial charge on any atom is 0.273 e. The average Bonchev–Trinajstić information content (AvgIpc) is 2.45. The standard InChI is InChI=1S/C13H11ClN2O4/c1-19-13-7-11(16(17)18)2-3-12(13)20-8-10-6-9(14)4-5-15-10/h2-7H,8H2,1H3. The van der Waals surface area contributed by atoms with Gasteiger partial charge in [0.05, 0.1) is 23.8 Å². The number of nitro groups is 1. The zero-order valence-electron chi connectivity index (χ0n) is 10.6. The fraction of sp³-hybridized carbons (Fsp3) is 0.154. The quantitative estimate of drug-likeness (QED) is 0.625. The first-order chi connectivity index (χ1) is 9.60. The average molecular weight is 295 g/mol. The molecule has 0 radical (unpaired) electrons. The van der Waals surface area contributed by atoms with Crippen molar-refractivity contribution in [3.8, 4) is 11.5 Å². The van der Waals surface area contributed by atoms with Gasteiger partial charge in [0.2, 0.25) is 0 Å². The van der Waals surface area contributed by atoms with Crippen LogP contribution < -0.4 is 9.47 Å². The van der Waals surface area contributed by atoms with Crippen molar-refractivity contribution in [1.82, 2.24) is 4.98 Å². The predicted octanol–water partition coefficient (Wildman–Crippen LogP) is 3.23. The lowest BCUT2D eigenvalue weighted by molar-refractivity contribution is -0.385. The van der Waals surface area contributed by atoms with E-state index in [0.29, 0.717) is 22.2 Å². The van der Waals surface area contributed by atoms with Gasteiger partial charge in [0.15, 0.2) is 11.5 Å². The number of non-ortho nitro benzene ring substituents is 1. The number of ether oxygens (including phenoxy) is 2. The Morgan fingerprint density at radius 2 is 2.10 bits per heavy atom. The molecular weight excluding hydrogens is 284 g/mol. The van der Waals surface area contributed by atoms with Crippen molar-refractivity contribution >= 4 is 17.3 Å². The van der Waals surface area contributed by atoms with E-state index in [-0.39, 0.29) is 12.3 Å². The first-order valence-corrected chi connectivity index (χ1v) is 6.03. The van der Waals surface area contributed by atoms with Gasteiger partial charge in [-0.05, 0) is 18.2 Å². The van der Waals surface area contributed by atoms with Gasteiger partial charge in [0.25, 0.3) is 5.69 Å². The molecule has 0 unspecified atom stereocenters.